The normalized spacial score (nSPS) is 15.2. The first-order valence-electron chi connectivity index (χ1n) is 12.4. The van der Waals surface area contributed by atoms with Crippen LogP contribution >= 0.6 is 11.8 Å². The second kappa shape index (κ2) is 11.8. The van der Waals surface area contributed by atoms with Gasteiger partial charge in [-0.15, -0.1) is 11.8 Å². The maximum absolute atomic E-state index is 13.0. The summed E-state index contributed by atoms with van der Waals surface area (Å²) in [7, 11) is 0. The maximum atomic E-state index is 13.0. The van der Waals surface area contributed by atoms with E-state index in [1.807, 2.05) is 66.7 Å². The van der Waals surface area contributed by atoms with Crippen molar-refractivity contribution in [3.05, 3.63) is 126 Å². The number of rotatable bonds is 9. The number of nitrogen functional groups attached to an aromatic ring is 1. The number of hydrogen-bond donors (Lipinski definition) is 1. The molecule has 1 atom stereocenters. The van der Waals surface area contributed by atoms with Crippen molar-refractivity contribution in [1.29, 1.82) is 0 Å². The molecule has 1 aliphatic rings. The van der Waals surface area contributed by atoms with Gasteiger partial charge in [-0.25, -0.2) is 4.90 Å². The number of nitrogens with zero attached hydrogens (tertiary/aromatic N) is 1. The fraction of sp³-hybridized carbons (Fsp3) is 0.0938. The molecule has 0 aliphatic carbocycles. The van der Waals surface area contributed by atoms with E-state index in [0.717, 1.165) is 21.8 Å². The Labute approximate surface area is 231 Å². The molecule has 0 aromatic heterocycles. The first-order chi connectivity index (χ1) is 19.0. The van der Waals surface area contributed by atoms with Crippen molar-refractivity contribution >= 4 is 46.8 Å². The van der Waals surface area contributed by atoms with Crippen LogP contribution in [0.2, 0.25) is 0 Å². The van der Waals surface area contributed by atoms with Gasteiger partial charge in [-0.1, -0.05) is 54.6 Å². The molecule has 1 fully saturated rings. The lowest BCUT2D eigenvalue weighted by molar-refractivity contribution is -0.121. The molecule has 5 rings (SSSR count). The van der Waals surface area contributed by atoms with Gasteiger partial charge in [0.1, 0.15) is 12.4 Å². The smallest absolute Gasteiger partial charge is 0.247 e. The van der Waals surface area contributed by atoms with Gasteiger partial charge in [0.05, 0.1) is 10.9 Å². The molecule has 4 aromatic rings. The van der Waals surface area contributed by atoms with E-state index < -0.39 is 5.25 Å². The summed E-state index contributed by atoms with van der Waals surface area (Å²) < 4.78 is 5.80. The lowest BCUT2D eigenvalue weighted by Crippen LogP contribution is -2.31. The van der Waals surface area contributed by atoms with Crippen molar-refractivity contribution in [2.75, 3.05) is 10.6 Å². The quantitative estimate of drug-likeness (QED) is 0.120. The van der Waals surface area contributed by atoms with Crippen molar-refractivity contribution in [2.45, 2.75) is 23.2 Å². The number of imide groups is 1. The van der Waals surface area contributed by atoms with Crippen LogP contribution in [-0.2, 0) is 16.2 Å². The van der Waals surface area contributed by atoms with E-state index in [-0.39, 0.29) is 24.0 Å². The number of carbonyl (C=O) groups excluding carboxylic acids is 3. The molecule has 0 spiro atoms. The minimum atomic E-state index is -0.515. The highest BCUT2D eigenvalue weighted by molar-refractivity contribution is 8.00. The number of hydrogen-bond acceptors (Lipinski definition) is 6. The molecule has 1 heterocycles. The molecule has 1 aliphatic heterocycles. The summed E-state index contributed by atoms with van der Waals surface area (Å²) in [5.74, 6) is 0.0248. The van der Waals surface area contributed by atoms with Gasteiger partial charge in [0.25, 0.3) is 0 Å². The summed E-state index contributed by atoms with van der Waals surface area (Å²) in [6.45, 7) is 0.487. The molecule has 4 aromatic carbocycles. The molecule has 1 unspecified atom stereocenters. The average Bonchev–Trinajstić information content (AvgIpc) is 3.23. The Bertz CT molecular complexity index is 1520. The lowest BCUT2D eigenvalue weighted by atomic mass is 10.1. The fourth-order valence-corrected chi connectivity index (χ4v) is 5.30. The number of thioether (sulfide) groups is 1. The zero-order chi connectivity index (χ0) is 27.2. The summed E-state index contributed by atoms with van der Waals surface area (Å²) >= 11 is 1.33. The highest BCUT2D eigenvalue weighted by Crippen LogP contribution is 2.34. The molecule has 2 amide bonds. The molecule has 39 heavy (non-hydrogen) atoms. The predicted octanol–water partition coefficient (Wildman–Crippen LogP) is 6.17. The predicted molar refractivity (Wildman–Crippen MR) is 155 cm³/mol. The molecule has 7 heteroatoms. The maximum Gasteiger partial charge on any atom is 0.247 e. The van der Waals surface area contributed by atoms with Crippen LogP contribution < -0.4 is 15.4 Å². The number of anilines is 2. The van der Waals surface area contributed by atoms with Crippen LogP contribution in [0.1, 0.15) is 27.9 Å². The Balaban J connectivity index is 1.18. The molecule has 2 N–H and O–H groups in total. The Hall–Kier alpha value is -4.62. The van der Waals surface area contributed by atoms with Crippen molar-refractivity contribution in [3.63, 3.8) is 0 Å². The summed E-state index contributed by atoms with van der Waals surface area (Å²) in [6, 6.07) is 31.2. The van der Waals surface area contributed by atoms with Crippen molar-refractivity contribution in [2.24, 2.45) is 0 Å². The van der Waals surface area contributed by atoms with Crippen LogP contribution in [0.25, 0.3) is 6.08 Å². The Morgan fingerprint density at radius 3 is 2.38 bits per heavy atom. The highest BCUT2D eigenvalue weighted by atomic mass is 32.2. The van der Waals surface area contributed by atoms with Gasteiger partial charge in [0.15, 0.2) is 5.78 Å². The van der Waals surface area contributed by atoms with E-state index in [4.69, 9.17) is 10.5 Å². The topological polar surface area (TPSA) is 89.7 Å². The van der Waals surface area contributed by atoms with Gasteiger partial charge in [-0.3, -0.25) is 14.4 Å². The lowest BCUT2D eigenvalue weighted by Gasteiger charge is -2.15. The number of amides is 2. The number of nitrogens with two attached hydrogens (primary N) is 1. The minimum Gasteiger partial charge on any atom is -0.489 e. The largest absolute Gasteiger partial charge is 0.489 e. The van der Waals surface area contributed by atoms with E-state index in [2.05, 4.69) is 0 Å². The van der Waals surface area contributed by atoms with E-state index in [0.29, 0.717) is 23.5 Å². The third-order valence-corrected chi connectivity index (χ3v) is 7.39. The van der Waals surface area contributed by atoms with Gasteiger partial charge < -0.3 is 10.5 Å². The molecule has 194 valence electrons. The van der Waals surface area contributed by atoms with Gasteiger partial charge in [0.2, 0.25) is 11.8 Å². The van der Waals surface area contributed by atoms with Gasteiger partial charge in [-0.05, 0) is 71.8 Å². The molecule has 0 bridgehead atoms. The zero-order valence-corrected chi connectivity index (χ0v) is 21.8. The second-order valence-corrected chi connectivity index (χ2v) is 10.3. The highest BCUT2D eigenvalue weighted by Gasteiger charge is 2.40. The van der Waals surface area contributed by atoms with E-state index >= 15 is 0 Å². The molecule has 0 saturated carbocycles. The zero-order valence-electron chi connectivity index (χ0n) is 21.0. The first-order valence-corrected chi connectivity index (χ1v) is 13.3. The monoisotopic (exact) mass is 534 g/mol. The average molecular weight is 535 g/mol. The SMILES string of the molecule is Nc1cccc(SC2CC(=O)N(c3ccc(C(=O)/C=C/c4ccc(OCc5ccccc5)cc4)cc3)C2=O)c1. The number of ketones is 1. The minimum absolute atomic E-state index is 0.109. The van der Waals surface area contributed by atoms with Crippen LogP contribution in [0.4, 0.5) is 11.4 Å². The van der Waals surface area contributed by atoms with Crippen molar-refractivity contribution < 1.29 is 19.1 Å². The number of allylic oxidation sites excluding steroid dienone is 1. The van der Waals surface area contributed by atoms with Crippen LogP contribution in [0.3, 0.4) is 0 Å². The number of carbonyl (C=O) groups is 3. The van der Waals surface area contributed by atoms with Crippen molar-refractivity contribution in [3.8, 4) is 5.75 Å². The molecular weight excluding hydrogens is 508 g/mol. The molecular formula is C32H26N2O4S. The van der Waals surface area contributed by atoms with E-state index in [1.54, 1.807) is 42.5 Å². The van der Waals surface area contributed by atoms with E-state index in [9.17, 15) is 14.4 Å². The fourth-order valence-electron chi connectivity index (χ4n) is 4.18. The summed E-state index contributed by atoms with van der Waals surface area (Å²) in [5, 5.41) is -0.515. The first kappa shape index (κ1) is 26.0. The Morgan fingerprint density at radius 1 is 0.923 bits per heavy atom. The van der Waals surface area contributed by atoms with Crippen LogP contribution in [0.15, 0.2) is 114 Å². The second-order valence-electron chi connectivity index (χ2n) is 9.04. The Morgan fingerprint density at radius 2 is 1.67 bits per heavy atom. The van der Waals surface area contributed by atoms with Crippen molar-refractivity contribution in [1.82, 2.24) is 0 Å². The third-order valence-electron chi connectivity index (χ3n) is 6.21. The standard InChI is InChI=1S/C32H26N2O4S/c33-25-7-4-8-28(19-25)39-30-20-31(36)34(32(30)37)26-14-12-24(13-15-26)29(35)18-11-22-9-16-27(17-10-22)38-21-23-5-2-1-3-6-23/h1-19,30H,20-21,33H2/b18-11+. The summed E-state index contributed by atoms with van der Waals surface area (Å²) in [5.41, 5.74) is 9.30. The number of benzene rings is 4. The van der Waals surface area contributed by atoms with Crippen LogP contribution in [0, 0.1) is 0 Å². The van der Waals surface area contributed by atoms with Gasteiger partial charge in [0, 0.05) is 22.6 Å². The Kier molecular flexibility index (Phi) is 7.89. The van der Waals surface area contributed by atoms with Gasteiger partial charge in [-0.2, -0.15) is 0 Å². The van der Waals surface area contributed by atoms with Gasteiger partial charge >= 0.3 is 0 Å². The summed E-state index contributed by atoms with van der Waals surface area (Å²) in [4.78, 5) is 40.4. The summed E-state index contributed by atoms with van der Waals surface area (Å²) in [6.07, 6.45) is 3.35. The molecule has 6 nitrogen and oxygen atoms in total. The third kappa shape index (κ3) is 6.45. The molecule has 0 radical (unpaired) electrons. The molecule has 1 saturated heterocycles. The van der Waals surface area contributed by atoms with E-state index in [1.165, 1.54) is 22.7 Å². The van der Waals surface area contributed by atoms with Crippen LogP contribution in [-0.4, -0.2) is 22.8 Å². The number of ether oxygens (including phenoxy) is 1. The van der Waals surface area contributed by atoms with Crippen LogP contribution in [0.5, 0.6) is 5.75 Å².